The maximum absolute atomic E-state index is 5.30. The minimum absolute atomic E-state index is 0.688. The molecule has 1 aliphatic rings. The molecular weight excluding hydrogens is 256 g/mol. The lowest BCUT2D eigenvalue weighted by molar-refractivity contribution is 0.414. The molecule has 2 aromatic heterocycles. The van der Waals surface area contributed by atoms with Crippen molar-refractivity contribution in [2.75, 3.05) is 38.2 Å². The van der Waals surface area contributed by atoms with Crippen LogP contribution in [-0.2, 0) is 0 Å². The average molecular weight is 274 g/mol. The van der Waals surface area contributed by atoms with Gasteiger partial charge in [0.2, 0.25) is 5.95 Å². The van der Waals surface area contributed by atoms with Crippen LogP contribution in [0.5, 0.6) is 5.75 Å². The summed E-state index contributed by atoms with van der Waals surface area (Å²) in [5.41, 5.74) is 0.870. The summed E-state index contributed by atoms with van der Waals surface area (Å²) < 4.78 is 5.30. The number of aromatic amines is 1. The molecule has 1 aliphatic heterocycles. The molecule has 20 heavy (non-hydrogen) atoms. The highest BCUT2D eigenvalue weighted by molar-refractivity contribution is 5.63. The molecule has 0 radical (unpaired) electrons. The Hall–Kier alpha value is -2.15. The topological polar surface area (TPSA) is 79.0 Å². The van der Waals surface area contributed by atoms with Gasteiger partial charge in [-0.05, 0) is 19.0 Å². The molecule has 7 heteroatoms. The molecule has 0 amide bonds. The van der Waals surface area contributed by atoms with Gasteiger partial charge < -0.3 is 15.0 Å². The summed E-state index contributed by atoms with van der Waals surface area (Å²) in [6.07, 6.45) is 4.49. The van der Waals surface area contributed by atoms with E-state index in [0.29, 0.717) is 11.6 Å². The van der Waals surface area contributed by atoms with E-state index in [4.69, 9.17) is 4.74 Å². The van der Waals surface area contributed by atoms with Crippen LogP contribution in [0.15, 0.2) is 18.5 Å². The molecule has 106 valence electrons. The Bertz CT molecular complexity index is 561. The zero-order valence-corrected chi connectivity index (χ0v) is 11.5. The first-order valence-electron chi connectivity index (χ1n) is 6.75. The number of pyridine rings is 1. The largest absolute Gasteiger partial charge is 0.494 e. The van der Waals surface area contributed by atoms with Gasteiger partial charge in [0.1, 0.15) is 5.75 Å². The highest BCUT2D eigenvalue weighted by Gasteiger charge is 2.16. The summed E-state index contributed by atoms with van der Waals surface area (Å²) in [4.78, 5) is 10.8. The van der Waals surface area contributed by atoms with Gasteiger partial charge in [-0.15, -0.1) is 5.10 Å². The van der Waals surface area contributed by atoms with Gasteiger partial charge in [-0.25, -0.2) is 0 Å². The highest BCUT2D eigenvalue weighted by atomic mass is 16.5. The van der Waals surface area contributed by atoms with E-state index in [-0.39, 0.29) is 0 Å². The van der Waals surface area contributed by atoms with Crippen LogP contribution in [0.3, 0.4) is 0 Å². The number of hydrogen-bond donors (Lipinski definition) is 2. The van der Waals surface area contributed by atoms with Gasteiger partial charge in [0.15, 0.2) is 5.82 Å². The molecule has 0 saturated carbocycles. The number of methoxy groups -OCH3 is 1. The third-order valence-corrected chi connectivity index (χ3v) is 3.36. The molecular formula is C13H18N6O. The van der Waals surface area contributed by atoms with Crippen molar-refractivity contribution in [3.63, 3.8) is 0 Å². The van der Waals surface area contributed by atoms with Crippen LogP contribution in [0.4, 0.5) is 5.95 Å². The van der Waals surface area contributed by atoms with Crippen molar-refractivity contribution in [1.29, 1.82) is 0 Å². The number of anilines is 1. The Morgan fingerprint density at radius 2 is 2.25 bits per heavy atom. The minimum Gasteiger partial charge on any atom is -0.494 e. The monoisotopic (exact) mass is 274 g/mol. The van der Waals surface area contributed by atoms with E-state index in [9.17, 15) is 0 Å². The van der Waals surface area contributed by atoms with Gasteiger partial charge in [-0.3, -0.25) is 10.1 Å². The number of H-pyrrole nitrogens is 1. The van der Waals surface area contributed by atoms with Gasteiger partial charge in [0, 0.05) is 25.8 Å². The summed E-state index contributed by atoms with van der Waals surface area (Å²) in [5, 5.41) is 10.7. The Labute approximate surface area is 117 Å². The maximum atomic E-state index is 5.30. The maximum Gasteiger partial charge on any atom is 0.245 e. The molecule has 2 N–H and O–H groups in total. The summed E-state index contributed by atoms with van der Waals surface area (Å²) in [6, 6.07) is 1.87. The van der Waals surface area contributed by atoms with Crippen molar-refractivity contribution in [1.82, 2.24) is 25.5 Å². The smallest absolute Gasteiger partial charge is 0.245 e. The summed E-state index contributed by atoms with van der Waals surface area (Å²) in [6.45, 7) is 3.90. The van der Waals surface area contributed by atoms with Gasteiger partial charge in [0.05, 0.1) is 18.9 Å². The molecule has 0 unspecified atom stereocenters. The minimum atomic E-state index is 0.688. The molecule has 0 spiro atoms. The van der Waals surface area contributed by atoms with E-state index >= 15 is 0 Å². The lowest BCUT2D eigenvalue weighted by Crippen LogP contribution is -2.28. The molecule has 1 fully saturated rings. The van der Waals surface area contributed by atoms with E-state index in [0.717, 1.165) is 44.1 Å². The Morgan fingerprint density at radius 3 is 3.15 bits per heavy atom. The van der Waals surface area contributed by atoms with E-state index in [1.807, 2.05) is 6.07 Å². The fourth-order valence-corrected chi connectivity index (χ4v) is 2.30. The third-order valence-electron chi connectivity index (χ3n) is 3.36. The van der Waals surface area contributed by atoms with Crippen LogP contribution in [0.2, 0.25) is 0 Å². The molecule has 0 atom stereocenters. The van der Waals surface area contributed by atoms with Crippen molar-refractivity contribution < 1.29 is 4.74 Å². The van der Waals surface area contributed by atoms with Crippen LogP contribution < -0.4 is 15.0 Å². The molecule has 7 nitrogen and oxygen atoms in total. The Kier molecular flexibility index (Phi) is 3.78. The van der Waals surface area contributed by atoms with Gasteiger partial charge in [-0.1, -0.05) is 0 Å². The highest BCUT2D eigenvalue weighted by Crippen LogP contribution is 2.26. The van der Waals surface area contributed by atoms with Crippen LogP contribution in [0.25, 0.3) is 11.4 Å². The van der Waals surface area contributed by atoms with Crippen LogP contribution in [0, 0.1) is 0 Å². The zero-order valence-electron chi connectivity index (χ0n) is 11.5. The van der Waals surface area contributed by atoms with Crippen LogP contribution >= 0.6 is 0 Å². The molecule has 3 heterocycles. The summed E-state index contributed by atoms with van der Waals surface area (Å²) in [5.74, 6) is 2.13. The van der Waals surface area contributed by atoms with E-state index in [1.165, 1.54) is 0 Å². The number of hydrogen-bond acceptors (Lipinski definition) is 6. The second kappa shape index (κ2) is 5.87. The van der Waals surface area contributed by atoms with Crippen molar-refractivity contribution >= 4 is 5.95 Å². The van der Waals surface area contributed by atoms with E-state index in [2.05, 4.69) is 30.4 Å². The second-order valence-corrected chi connectivity index (χ2v) is 4.65. The van der Waals surface area contributed by atoms with Crippen LogP contribution in [0.1, 0.15) is 6.42 Å². The van der Waals surface area contributed by atoms with Gasteiger partial charge in [-0.2, -0.15) is 4.98 Å². The van der Waals surface area contributed by atoms with E-state index < -0.39 is 0 Å². The molecule has 3 rings (SSSR count). The van der Waals surface area contributed by atoms with Crippen molar-refractivity contribution in [3.8, 4) is 17.1 Å². The van der Waals surface area contributed by atoms with Crippen molar-refractivity contribution in [3.05, 3.63) is 18.5 Å². The standard InChI is InChI=1S/C13H18N6O/c1-20-11-9-15-5-3-10(11)12-16-13(18-17-12)19-7-2-4-14-6-8-19/h3,5,9,14H,2,4,6-8H2,1H3,(H,16,17,18). The molecule has 0 aliphatic carbocycles. The first-order chi connectivity index (χ1) is 9.88. The predicted octanol–water partition coefficient (Wildman–Crippen LogP) is 0.675. The molecule has 1 saturated heterocycles. The fourth-order valence-electron chi connectivity index (χ4n) is 2.30. The molecule has 2 aromatic rings. The number of nitrogens with zero attached hydrogens (tertiary/aromatic N) is 4. The SMILES string of the molecule is COc1cnccc1-c1nc(N2CCCNCC2)n[nH]1. The molecule has 0 aromatic carbocycles. The zero-order chi connectivity index (χ0) is 13.8. The number of rotatable bonds is 3. The number of nitrogens with one attached hydrogen (secondary N) is 2. The summed E-state index contributed by atoms with van der Waals surface area (Å²) in [7, 11) is 1.62. The average Bonchev–Trinajstić information content (AvgIpc) is 2.82. The first-order valence-corrected chi connectivity index (χ1v) is 6.75. The van der Waals surface area contributed by atoms with Crippen molar-refractivity contribution in [2.45, 2.75) is 6.42 Å². The normalized spacial score (nSPS) is 15.9. The quantitative estimate of drug-likeness (QED) is 0.856. The lowest BCUT2D eigenvalue weighted by atomic mass is 10.2. The Balaban J connectivity index is 1.85. The number of aromatic nitrogens is 4. The summed E-state index contributed by atoms with van der Waals surface area (Å²) >= 11 is 0. The Morgan fingerprint density at radius 1 is 1.30 bits per heavy atom. The predicted molar refractivity (Wildman–Crippen MR) is 75.9 cm³/mol. The van der Waals surface area contributed by atoms with Gasteiger partial charge >= 0.3 is 0 Å². The number of ether oxygens (including phenoxy) is 1. The molecule has 0 bridgehead atoms. The van der Waals surface area contributed by atoms with Gasteiger partial charge in [0.25, 0.3) is 0 Å². The van der Waals surface area contributed by atoms with Crippen molar-refractivity contribution in [2.24, 2.45) is 0 Å². The first kappa shape index (κ1) is 12.9. The fraction of sp³-hybridized carbons (Fsp3) is 0.462. The third kappa shape index (κ3) is 2.57. The second-order valence-electron chi connectivity index (χ2n) is 4.65. The van der Waals surface area contributed by atoms with E-state index in [1.54, 1.807) is 19.5 Å². The van der Waals surface area contributed by atoms with Crippen LogP contribution in [-0.4, -0.2) is 53.5 Å². The lowest BCUT2D eigenvalue weighted by Gasteiger charge is -2.16.